The van der Waals surface area contributed by atoms with Crippen LogP contribution in [0.1, 0.15) is 12.6 Å². The maximum Gasteiger partial charge on any atom is 0.331 e. The van der Waals surface area contributed by atoms with Crippen molar-refractivity contribution in [1.29, 1.82) is 0 Å². The molecule has 0 saturated carbocycles. The molecule has 0 aliphatic rings. The van der Waals surface area contributed by atoms with E-state index in [1.165, 1.54) is 20.8 Å². The van der Waals surface area contributed by atoms with Crippen molar-refractivity contribution in [2.45, 2.75) is 26.9 Å². The maximum absolute atomic E-state index is 13.4. The lowest BCUT2D eigenvalue weighted by molar-refractivity contribution is -0.118. The zero-order chi connectivity index (χ0) is 21.3. The van der Waals surface area contributed by atoms with E-state index in [2.05, 4.69) is 4.98 Å². The Morgan fingerprint density at radius 1 is 1.03 bits per heavy atom. The molecule has 0 aliphatic heterocycles. The van der Waals surface area contributed by atoms with Crippen LogP contribution in [-0.4, -0.2) is 20.0 Å². The van der Waals surface area contributed by atoms with Crippen molar-refractivity contribution in [2.24, 2.45) is 0 Å². The molecule has 152 valence electrons. The number of aryl methyl sites for hydroxylation is 1. The highest BCUT2D eigenvalue weighted by Crippen LogP contribution is 2.29. The van der Waals surface area contributed by atoms with Gasteiger partial charge in [0.25, 0.3) is 11.5 Å². The van der Waals surface area contributed by atoms with Crippen molar-refractivity contribution in [3.8, 4) is 0 Å². The average molecular weight is 420 g/mol. The van der Waals surface area contributed by atoms with Gasteiger partial charge in [0.2, 0.25) is 0 Å². The number of rotatable bonds is 5. The second-order valence-electron chi connectivity index (χ2n) is 6.77. The van der Waals surface area contributed by atoms with Crippen LogP contribution in [-0.2, 0) is 17.9 Å². The van der Waals surface area contributed by atoms with Crippen LogP contribution in [0.15, 0.2) is 69.6 Å². The number of nitrogens with zero attached hydrogens (tertiary/aromatic N) is 4. The average Bonchev–Trinajstić information content (AvgIpc) is 3.18. The number of thiazole rings is 1. The van der Waals surface area contributed by atoms with Crippen LogP contribution in [0, 0.1) is 6.92 Å². The van der Waals surface area contributed by atoms with Crippen LogP contribution in [0.3, 0.4) is 0 Å². The van der Waals surface area contributed by atoms with Gasteiger partial charge in [-0.25, -0.2) is 9.78 Å². The Morgan fingerprint density at radius 3 is 2.40 bits per heavy atom. The minimum Gasteiger partial charge on any atom is -0.284 e. The van der Waals surface area contributed by atoms with E-state index in [0.717, 1.165) is 10.3 Å². The maximum atomic E-state index is 13.4. The Balaban J connectivity index is 1.85. The predicted octanol–water partition coefficient (Wildman–Crippen LogP) is 3.31. The third-order valence-electron chi connectivity index (χ3n) is 4.80. The lowest BCUT2D eigenvalue weighted by atomic mass is 10.2. The molecule has 0 spiro atoms. The fourth-order valence-electron chi connectivity index (χ4n) is 3.39. The molecular formula is C22H20N4O3S. The minimum atomic E-state index is -0.502. The van der Waals surface area contributed by atoms with Crippen molar-refractivity contribution in [2.75, 3.05) is 4.90 Å². The van der Waals surface area contributed by atoms with Crippen LogP contribution in [0.25, 0.3) is 10.9 Å². The Hall–Kier alpha value is -3.52. The van der Waals surface area contributed by atoms with Crippen molar-refractivity contribution in [3.63, 3.8) is 0 Å². The van der Waals surface area contributed by atoms with E-state index in [4.69, 9.17) is 0 Å². The number of aromatic nitrogens is 3. The molecule has 7 nitrogen and oxygen atoms in total. The van der Waals surface area contributed by atoms with Gasteiger partial charge in [-0.15, -0.1) is 11.3 Å². The summed E-state index contributed by atoms with van der Waals surface area (Å²) in [6.45, 7) is 3.61. The van der Waals surface area contributed by atoms with Crippen molar-refractivity contribution in [3.05, 3.63) is 86.5 Å². The lowest BCUT2D eigenvalue weighted by Crippen LogP contribution is -2.42. The van der Waals surface area contributed by atoms with E-state index in [1.54, 1.807) is 31.2 Å². The topological polar surface area (TPSA) is 77.2 Å². The number of para-hydroxylation sites is 2. The number of hydrogen-bond acceptors (Lipinski definition) is 5. The molecule has 0 aliphatic carbocycles. The molecule has 0 unspecified atom stereocenters. The highest BCUT2D eigenvalue weighted by molar-refractivity contribution is 7.14. The fourth-order valence-corrected chi connectivity index (χ4v) is 4.23. The molecule has 2 aromatic carbocycles. The highest BCUT2D eigenvalue weighted by Gasteiger charge is 2.23. The Morgan fingerprint density at radius 2 is 1.73 bits per heavy atom. The van der Waals surface area contributed by atoms with E-state index in [9.17, 15) is 14.4 Å². The summed E-state index contributed by atoms with van der Waals surface area (Å²) >= 11 is 1.36. The molecule has 0 atom stereocenters. The molecule has 8 heteroatoms. The summed E-state index contributed by atoms with van der Waals surface area (Å²) < 4.78 is 2.51. The number of carbonyl (C=O) groups is 1. The van der Waals surface area contributed by atoms with Gasteiger partial charge in [0, 0.05) is 11.9 Å². The van der Waals surface area contributed by atoms with Crippen LogP contribution < -0.4 is 16.1 Å². The largest absolute Gasteiger partial charge is 0.331 e. The van der Waals surface area contributed by atoms with E-state index in [0.29, 0.717) is 21.7 Å². The first-order valence-electron chi connectivity index (χ1n) is 9.53. The smallest absolute Gasteiger partial charge is 0.284 e. The van der Waals surface area contributed by atoms with Gasteiger partial charge in [-0.1, -0.05) is 30.3 Å². The Labute approximate surface area is 176 Å². The molecule has 0 saturated heterocycles. The summed E-state index contributed by atoms with van der Waals surface area (Å²) in [7, 11) is 0. The second kappa shape index (κ2) is 8.08. The first-order valence-corrected chi connectivity index (χ1v) is 10.4. The van der Waals surface area contributed by atoms with Gasteiger partial charge in [0.15, 0.2) is 5.13 Å². The van der Waals surface area contributed by atoms with E-state index >= 15 is 0 Å². The molecule has 30 heavy (non-hydrogen) atoms. The summed E-state index contributed by atoms with van der Waals surface area (Å²) in [4.78, 5) is 45.1. The first kappa shape index (κ1) is 19.8. The summed E-state index contributed by atoms with van der Waals surface area (Å²) in [5.41, 5.74) is 1.06. The fraction of sp³-hybridized carbons (Fsp3) is 0.182. The van der Waals surface area contributed by atoms with Crippen LogP contribution >= 0.6 is 11.3 Å². The van der Waals surface area contributed by atoms with E-state index in [-0.39, 0.29) is 24.6 Å². The van der Waals surface area contributed by atoms with Gasteiger partial charge in [-0.3, -0.25) is 23.6 Å². The van der Waals surface area contributed by atoms with Gasteiger partial charge in [-0.2, -0.15) is 0 Å². The number of anilines is 2. The molecule has 0 bridgehead atoms. The van der Waals surface area contributed by atoms with Crippen LogP contribution in [0.5, 0.6) is 0 Å². The van der Waals surface area contributed by atoms with Gasteiger partial charge in [0.05, 0.1) is 22.3 Å². The number of carbonyl (C=O) groups excluding carboxylic acids is 1. The van der Waals surface area contributed by atoms with Gasteiger partial charge in [0.1, 0.15) is 6.54 Å². The van der Waals surface area contributed by atoms with Crippen molar-refractivity contribution in [1.82, 2.24) is 14.1 Å². The first-order chi connectivity index (χ1) is 14.5. The molecule has 0 radical (unpaired) electrons. The highest BCUT2D eigenvalue weighted by atomic mass is 32.1. The quantitative estimate of drug-likeness (QED) is 0.496. The number of amides is 1. The molecular weight excluding hydrogens is 400 g/mol. The minimum absolute atomic E-state index is 0.215. The summed E-state index contributed by atoms with van der Waals surface area (Å²) in [5, 5.41) is 2.81. The molecule has 1 amide bonds. The zero-order valence-electron chi connectivity index (χ0n) is 16.6. The summed E-state index contributed by atoms with van der Waals surface area (Å²) in [5.74, 6) is -0.316. The second-order valence-corrected chi connectivity index (χ2v) is 7.61. The van der Waals surface area contributed by atoms with Gasteiger partial charge >= 0.3 is 5.69 Å². The third kappa shape index (κ3) is 3.46. The normalized spacial score (nSPS) is 11.0. The zero-order valence-corrected chi connectivity index (χ0v) is 17.4. The van der Waals surface area contributed by atoms with Crippen LogP contribution in [0.2, 0.25) is 0 Å². The van der Waals surface area contributed by atoms with Gasteiger partial charge in [-0.05, 0) is 38.1 Å². The third-order valence-corrected chi connectivity index (χ3v) is 5.75. The monoisotopic (exact) mass is 420 g/mol. The molecule has 2 heterocycles. The number of fused-ring (bicyclic) bond motifs is 1. The predicted molar refractivity (Wildman–Crippen MR) is 119 cm³/mol. The Bertz CT molecular complexity index is 1340. The summed E-state index contributed by atoms with van der Waals surface area (Å²) in [6, 6.07) is 16.0. The number of hydrogen-bond donors (Lipinski definition) is 0. The van der Waals surface area contributed by atoms with E-state index < -0.39 is 5.69 Å². The van der Waals surface area contributed by atoms with E-state index in [1.807, 2.05) is 42.6 Å². The number of benzene rings is 2. The van der Waals surface area contributed by atoms with Gasteiger partial charge < -0.3 is 0 Å². The standard InChI is InChI=1S/C22H20N4O3S/c1-3-24-20(28)17-11-7-8-12-18(17)25(22(24)29)13-19(27)26(16-9-5-4-6-10-16)21-23-15(2)14-30-21/h4-12,14H,3,13H2,1-2H3. The molecule has 2 aromatic heterocycles. The molecule has 0 N–H and O–H groups in total. The van der Waals surface area contributed by atoms with Crippen molar-refractivity contribution < 1.29 is 4.79 Å². The van der Waals surface area contributed by atoms with Crippen LogP contribution in [0.4, 0.5) is 10.8 Å². The molecule has 0 fully saturated rings. The molecule has 4 aromatic rings. The summed E-state index contributed by atoms with van der Waals surface area (Å²) in [6.07, 6.45) is 0. The van der Waals surface area contributed by atoms with Crippen molar-refractivity contribution >= 4 is 39.0 Å². The Kier molecular flexibility index (Phi) is 5.33. The molecule has 4 rings (SSSR count). The lowest BCUT2D eigenvalue weighted by Gasteiger charge is -2.21. The SMILES string of the molecule is CCn1c(=O)c2ccccc2n(CC(=O)N(c2ccccc2)c2nc(C)cs2)c1=O.